The molecule has 2 heterocycles. The Kier molecular flexibility index (Phi) is 3.65. The summed E-state index contributed by atoms with van der Waals surface area (Å²) < 4.78 is 5.15. The summed E-state index contributed by atoms with van der Waals surface area (Å²) in [6.45, 7) is 1.79. The number of anilines is 2. The van der Waals surface area contributed by atoms with Gasteiger partial charge in [0.2, 0.25) is 0 Å². The van der Waals surface area contributed by atoms with Crippen molar-refractivity contribution in [3.8, 4) is 5.75 Å². The summed E-state index contributed by atoms with van der Waals surface area (Å²) in [5.41, 5.74) is 3.85. The Labute approximate surface area is 148 Å². The van der Waals surface area contributed by atoms with Crippen LogP contribution in [0.2, 0.25) is 0 Å². The summed E-state index contributed by atoms with van der Waals surface area (Å²) in [5.74, 6) is 0.773. The van der Waals surface area contributed by atoms with Crippen LogP contribution in [0, 0.1) is 17.0 Å². The molecule has 0 unspecified atom stereocenters. The lowest BCUT2D eigenvalue weighted by Crippen LogP contribution is -2.00. The topological polar surface area (TPSA) is 106 Å². The van der Waals surface area contributed by atoms with Crippen molar-refractivity contribution >= 4 is 39.1 Å². The number of aryl methyl sites for hydroxylation is 1. The molecule has 0 saturated heterocycles. The maximum absolute atomic E-state index is 11.2. The SMILES string of the molecule is COc1cc(Nc2ncnc3c2[nH]c2ccccc23)c(C)cc1[N+](=O)[O-]. The summed E-state index contributed by atoms with van der Waals surface area (Å²) in [6.07, 6.45) is 1.49. The van der Waals surface area contributed by atoms with Crippen LogP contribution in [0.1, 0.15) is 5.56 Å². The largest absolute Gasteiger partial charge is 0.490 e. The van der Waals surface area contributed by atoms with Gasteiger partial charge in [-0.1, -0.05) is 18.2 Å². The molecule has 4 rings (SSSR count). The van der Waals surface area contributed by atoms with Gasteiger partial charge in [-0.15, -0.1) is 0 Å². The van der Waals surface area contributed by atoms with Crippen LogP contribution >= 0.6 is 0 Å². The zero-order chi connectivity index (χ0) is 18.3. The molecular formula is C18H15N5O3. The summed E-state index contributed by atoms with van der Waals surface area (Å²) >= 11 is 0. The lowest BCUT2D eigenvalue weighted by Gasteiger charge is -2.11. The van der Waals surface area contributed by atoms with Gasteiger partial charge in [0.05, 0.1) is 12.0 Å². The first-order valence-corrected chi connectivity index (χ1v) is 7.90. The van der Waals surface area contributed by atoms with E-state index in [0.29, 0.717) is 17.1 Å². The van der Waals surface area contributed by atoms with Crippen LogP contribution < -0.4 is 10.1 Å². The minimum atomic E-state index is -0.462. The minimum Gasteiger partial charge on any atom is -0.490 e. The number of hydrogen-bond acceptors (Lipinski definition) is 6. The van der Waals surface area contributed by atoms with Crippen LogP contribution in [-0.2, 0) is 0 Å². The molecule has 4 aromatic rings. The van der Waals surface area contributed by atoms with Crippen molar-refractivity contribution in [3.05, 3.63) is 58.4 Å². The number of nitrogens with one attached hydrogen (secondary N) is 2. The van der Waals surface area contributed by atoms with E-state index < -0.39 is 4.92 Å². The molecule has 0 spiro atoms. The number of methoxy groups -OCH3 is 1. The van der Waals surface area contributed by atoms with Gasteiger partial charge in [-0.3, -0.25) is 10.1 Å². The predicted octanol–water partition coefficient (Wildman–Crippen LogP) is 4.08. The fraction of sp³-hybridized carbons (Fsp3) is 0.111. The average Bonchev–Trinajstić information content (AvgIpc) is 3.02. The van der Waals surface area contributed by atoms with Crippen LogP contribution in [0.3, 0.4) is 0 Å². The number of hydrogen-bond donors (Lipinski definition) is 2. The fourth-order valence-electron chi connectivity index (χ4n) is 2.98. The Bertz CT molecular complexity index is 1150. The van der Waals surface area contributed by atoms with E-state index in [-0.39, 0.29) is 11.4 Å². The summed E-state index contributed by atoms with van der Waals surface area (Å²) in [6, 6.07) is 10.9. The van der Waals surface area contributed by atoms with Crippen LogP contribution in [0.5, 0.6) is 5.75 Å². The van der Waals surface area contributed by atoms with E-state index in [1.165, 1.54) is 19.5 Å². The number of fused-ring (bicyclic) bond motifs is 3. The predicted molar refractivity (Wildman–Crippen MR) is 99.1 cm³/mol. The van der Waals surface area contributed by atoms with Crippen molar-refractivity contribution in [2.45, 2.75) is 6.92 Å². The summed E-state index contributed by atoms with van der Waals surface area (Å²) in [7, 11) is 1.40. The molecule has 130 valence electrons. The molecule has 0 aliphatic heterocycles. The van der Waals surface area contributed by atoms with Crippen molar-refractivity contribution < 1.29 is 9.66 Å². The Morgan fingerprint density at radius 3 is 2.81 bits per heavy atom. The van der Waals surface area contributed by atoms with Gasteiger partial charge in [0.15, 0.2) is 11.6 Å². The molecule has 8 nitrogen and oxygen atoms in total. The lowest BCUT2D eigenvalue weighted by atomic mass is 10.1. The number of nitro groups is 1. The molecule has 0 radical (unpaired) electrons. The molecule has 26 heavy (non-hydrogen) atoms. The lowest BCUT2D eigenvalue weighted by molar-refractivity contribution is -0.385. The molecule has 0 bridgehead atoms. The molecule has 0 amide bonds. The molecule has 2 N–H and O–H groups in total. The standard InChI is InChI=1S/C18H15N5O3/c1-10-7-14(23(24)25)15(26-2)8-13(10)22-18-17-16(19-9-20-18)11-5-3-4-6-12(11)21-17/h3-9,21H,1-2H3,(H,19,20,22). The fourth-order valence-corrected chi connectivity index (χ4v) is 2.98. The second-order valence-electron chi connectivity index (χ2n) is 5.84. The number of aromatic amines is 1. The highest BCUT2D eigenvalue weighted by Gasteiger charge is 2.18. The molecule has 0 aliphatic rings. The number of ether oxygens (including phenoxy) is 1. The van der Waals surface area contributed by atoms with Crippen LogP contribution in [0.4, 0.5) is 17.2 Å². The maximum Gasteiger partial charge on any atom is 0.311 e. The second kappa shape index (κ2) is 5.99. The smallest absolute Gasteiger partial charge is 0.311 e. The quantitative estimate of drug-likeness (QED) is 0.425. The summed E-state index contributed by atoms with van der Waals surface area (Å²) in [5, 5.41) is 15.4. The average molecular weight is 349 g/mol. The maximum atomic E-state index is 11.2. The number of H-pyrrole nitrogens is 1. The normalized spacial score (nSPS) is 11.0. The zero-order valence-electron chi connectivity index (χ0n) is 14.1. The highest BCUT2D eigenvalue weighted by Crippen LogP contribution is 2.35. The molecule has 0 saturated carbocycles. The molecule has 2 aromatic heterocycles. The molecular weight excluding hydrogens is 334 g/mol. The van der Waals surface area contributed by atoms with Crippen LogP contribution in [0.25, 0.3) is 21.9 Å². The first kappa shape index (κ1) is 15.8. The van der Waals surface area contributed by atoms with Crippen molar-refractivity contribution in [3.63, 3.8) is 0 Å². The van der Waals surface area contributed by atoms with E-state index in [1.807, 2.05) is 24.3 Å². The van der Waals surface area contributed by atoms with E-state index in [9.17, 15) is 10.1 Å². The molecule has 0 atom stereocenters. The van der Waals surface area contributed by atoms with Crippen LogP contribution in [0.15, 0.2) is 42.7 Å². The first-order valence-electron chi connectivity index (χ1n) is 7.90. The van der Waals surface area contributed by atoms with Gasteiger partial charge < -0.3 is 15.0 Å². The van der Waals surface area contributed by atoms with E-state index in [2.05, 4.69) is 20.3 Å². The molecule has 0 fully saturated rings. The summed E-state index contributed by atoms with van der Waals surface area (Å²) in [4.78, 5) is 22.7. The second-order valence-corrected chi connectivity index (χ2v) is 5.84. The van der Waals surface area contributed by atoms with Crippen molar-refractivity contribution in [2.24, 2.45) is 0 Å². The number of aromatic nitrogens is 3. The van der Waals surface area contributed by atoms with E-state index >= 15 is 0 Å². The van der Waals surface area contributed by atoms with Crippen molar-refractivity contribution in [1.29, 1.82) is 0 Å². The first-order chi connectivity index (χ1) is 12.6. The Morgan fingerprint density at radius 2 is 2.04 bits per heavy atom. The van der Waals surface area contributed by atoms with Gasteiger partial charge in [-0.25, -0.2) is 9.97 Å². The van der Waals surface area contributed by atoms with Crippen LogP contribution in [-0.4, -0.2) is 27.0 Å². The number of nitro benzene ring substituents is 1. The van der Waals surface area contributed by atoms with E-state index in [4.69, 9.17) is 4.74 Å². The third-order valence-corrected chi connectivity index (χ3v) is 4.26. The monoisotopic (exact) mass is 349 g/mol. The number of benzene rings is 2. The van der Waals surface area contributed by atoms with E-state index in [1.54, 1.807) is 13.0 Å². The van der Waals surface area contributed by atoms with Gasteiger partial charge in [0.1, 0.15) is 17.4 Å². The van der Waals surface area contributed by atoms with Gasteiger partial charge >= 0.3 is 5.69 Å². The highest BCUT2D eigenvalue weighted by molar-refractivity contribution is 6.08. The van der Waals surface area contributed by atoms with Crippen molar-refractivity contribution in [2.75, 3.05) is 12.4 Å². The van der Waals surface area contributed by atoms with Gasteiger partial charge in [0, 0.05) is 28.7 Å². The van der Waals surface area contributed by atoms with Crippen molar-refractivity contribution in [1.82, 2.24) is 15.0 Å². The third-order valence-electron chi connectivity index (χ3n) is 4.26. The Balaban J connectivity index is 1.84. The minimum absolute atomic E-state index is 0.0750. The van der Waals surface area contributed by atoms with Gasteiger partial charge in [-0.2, -0.15) is 0 Å². The third kappa shape index (κ3) is 2.48. The number of nitrogens with zero attached hydrogens (tertiary/aromatic N) is 3. The molecule has 0 aliphatic carbocycles. The Morgan fingerprint density at radius 1 is 1.23 bits per heavy atom. The molecule has 2 aromatic carbocycles. The number of rotatable bonds is 4. The Hall–Kier alpha value is -3.68. The molecule has 8 heteroatoms. The zero-order valence-corrected chi connectivity index (χ0v) is 14.1. The highest BCUT2D eigenvalue weighted by atomic mass is 16.6. The van der Waals surface area contributed by atoms with E-state index in [0.717, 1.165) is 21.9 Å². The van der Waals surface area contributed by atoms with Gasteiger partial charge in [0.25, 0.3) is 0 Å². The number of para-hydroxylation sites is 1. The van der Waals surface area contributed by atoms with Gasteiger partial charge in [-0.05, 0) is 18.6 Å².